The van der Waals surface area contributed by atoms with Crippen LogP contribution >= 0.6 is 0 Å². The van der Waals surface area contributed by atoms with Crippen LogP contribution in [0.4, 0.5) is 0 Å². The van der Waals surface area contributed by atoms with Gasteiger partial charge in [-0.25, -0.2) is 4.79 Å². The van der Waals surface area contributed by atoms with Crippen molar-refractivity contribution in [2.75, 3.05) is 0 Å². The molecule has 0 heterocycles. The first-order valence-corrected chi connectivity index (χ1v) is 3.68. The minimum absolute atomic E-state index is 0.242. The normalized spacial score (nSPS) is 8.67. The van der Waals surface area contributed by atoms with Gasteiger partial charge in [0, 0.05) is 12.5 Å². The summed E-state index contributed by atoms with van der Waals surface area (Å²) in [6.45, 7) is 6.67. The van der Waals surface area contributed by atoms with Crippen molar-refractivity contribution >= 4 is 11.9 Å². The summed E-state index contributed by atoms with van der Waals surface area (Å²) in [4.78, 5) is 21.2. The highest BCUT2D eigenvalue weighted by atomic mass is 16.6. The second kappa shape index (κ2) is 6.34. The number of esters is 2. The van der Waals surface area contributed by atoms with Crippen molar-refractivity contribution in [1.29, 1.82) is 0 Å². The van der Waals surface area contributed by atoms with E-state index in [1.54, 1.807) is 6.08 Å². The van der Waals surface area contributed by atoms with Crippen LogP contribution in [0.1, 0.15) is 19.3 Å². The lowest BCUT2D eigenvalue weighted by Crippen LogP contribution is -2.09. The number of ether oxygens (including phenoxy) is 1. The number of hydrogen-bond acceptors (Lipinski definition) is 3. The third kappa shape index (κ3) is 5.41. The molecule has 3 heteroatoms. The summed E-state index contributed by atoms with van der Waals surface area (Å²) < 4.78 is 4.32. The summed E-state index contributed by atoms with van der Waals surface area (Å²) in [5.74, 6) is -1.21. The second-order valence-corrected chi connectivity index (χ2v) is 2.18. The number of allylic oxidation sites excluding steroid dienone is 1. The van der Waals surface area contributed by atoms with Gasteiger partial charge >= 0.3 is 11.9 Å². The molecule has 0 aliphatic heterocycles. The van der Waals surface area contributed by atoms with E-state index in [1.165, 1.54) is 0 Å². The summed E-state index contributed by atoms with van der Waals surface area (Å²) in [5.41, 5.74) is 0. The third-order valence-electron chi connectivity index (χ3n) is 1.17. The molecule has 0 rings (SSSR count). The Balaban J connectivity index is 3.52. The molecule has 0 aromatic rings. The van der Waals surface area contributed by atoms with E-state index >= 15 is 0 Å². The van der Waals surface area contributed by atoms with Gasteiger partial charge in [-0.1, -0.05) is 12.7 Å². The fourth-order valence-corrected chi connectivity index (χ4v) is 0.596. The van der Waals surface area contributed by atoms with E-state index in [4.69, 9.17) is 0 Å². The number of unbranched alkanes of at least 4 members (excludes halogenated alkanes) is 1. The Morgan fingerprint density at radius 3 is 2.50 bits per heavy atom. The van der Waals surface area contributed by atoms with Crippen LogP contribution in [0.5, 0.6) is 0 Å². The number of hydrogen-bond donors (Lipinski definition) is 0. The fourth-order valence-electron chi connectivity index (χ4n) is 0.596. The Morgan fingerprint density at radius 2 is 2.00 bits per heavy atom. The van der Waals surface area contributed by atoms with Gasteiger partial charge in [-0.2, -0.15) is 0 Å². The monoisotopic (exact) mass is 168 g/mol. The van der Waals surface area contributed by atoms with E-state index in [0.29, 0.717) is 6.42 Å². The standard InChI is InChI=1S/C9H12O3/c1-3-5-6-7-9(11)12-8(10)4-2/h3-4H,1-2,5-7H2. The molecule has 66 valence electrons. The van der Waals surface area contributed by atoms with Crippen molar-refractivity contribution in [3.05, 3.63) is 25.3 Å². The molecule has 0 aliphatic carbocycles. The first kappa shape index (κ1) is 10.6. The third-order valence-corrected chi connectivity index (χ3v) is 1.17. The maximum atomic E-state index is 10.8. The lowest BCUT2D eigenvalue weighted by atomic mass is 10.2. The van der Waals surface area contributed by atoms with Gasteiger partial charge in [0.1, 0.15) is 0 Å². The quantitative estimate of drug-likeness (QED) is 0.206. The van der Waals surface area contributed by atoms with Crippen LogP contribution in [-0.4, -0.2) is 11.9 Å². The van der Waals surface area contributed by atoms with E-state index in [2.05, 4.69) is 17.9 Å². The first-order valence-electron chi connectivity index (χ1n) is 3.68. The molecule has 0 N–H and O–H groups in total. The van der Waals surface area contributed by atoms with Crippen molar-refractivity contribution in [2.24, 2.45) is 0 Å². The van der Waals surface area contributed by atoms with Gasteiger partial charge < -0.3 is 4.74 Å². The lowest BCUT2D eigenvalue weighted by molar-refractivity contribution is -0.156. The average Bonchev–Trinajstić information content (AvgIpc) is 2.05. The fraction of sp³-hybridized carbons (Fsp3) is 0.333. The summed E-state index contributed by atoms with van der Waals surface area (Å²) in [6.07, 6.45) is 4.32. The summed E-state index contributed by atoms with van der Waals surface area (Å²) in [7, 11) is 0. The topological polar surface area (TPSA) is 43.4 Å². The molecule has 0 aromatic heterocycles. The molecule has 0 aromatic carbocycles. The SMILES string of the molecule is C=CCCCC(=O)OC(=O)C=C. The Labute approximate surface area is 71.7 Å². The van der Waals surface area contributed by atoms with E-state index in [0.717, 1.165) is 12.5 Å². The van der Waals surface area contributed by atoms with Gasteiger partial charge in [0.2, 0.25) is 0 Å². The number of carbonyl (C=O) groups excluding carboxylic acids is 2. The van der Waals surface area contributed by atoms with Crippen LogP contribution < -0.4 is 0 Å². The molecule has 0 saturated heterocycles. The Kier molecular flexibility index (Phi) is 5.61. The van der Waals surface area contributed by atoms with Crippen molar-refractivity contribution in [1.82, 2.24) is 0 Å². The van der Waals surface area contributed by atoms with Gasteiger partial charge in [-0.05, 0) is 12.8 Å². The maximum Gasteiger partial charge on any atom is 0.337 e. The van der Waals surface area contributed by atoms with E-state index < -0.39 is 11.9 Å². The van der Waals surface area contributed by atoms with Crippen LogP contribution in [0.15, 0.2) is 25.3 Å². The Bertz CT molecular complexity index is 194. The zero-order valence-electron chi connectivity index (χ0n) is 6.91. The predicted octanol–water partition coefficient (Wildman–Crippen LogP) is 1.60. The van der Waals surface area contributed by atoms with E-state index in [-0.39, 0.29) is 6.42 Å². The molecule has 0 amide bonds. The number of carbonyl (C=O) groups is 2. The van der Waals surface area contributed by atoms with E-state index in [9.17, 15) is 9.59 Å². The molecule has 0 unspecified atom stereocenters. The molecular weight excluding hydrogens is 156 g/mol. The highest BCUT2D eigenvalue weighted by molar-refractivity contribution is 5.91. The van der Waals surface area contributed by atoms with Gasteiger partial charge in [0.05, 0.1) is 0 Å². The maximum absolute atomic E-state index is 10.8. The smallest absolute Gasteiger partial charge is 0.337 e. The highest BCUT2D eigenvalue weighted by Gasteiger charge is 2.05. The molecule has 0 aliphatic rings. The van der Waals surface area contributed by atoms with Crippen molar-refractivity contribution < 1.29 is 14.3 Å². The van der Waals surface area contributed by atoms with E-state index in [1.807, 2.05) is 0 Å². The minimum Gasteiger partial charge on any atom is -0.390 e. The first-order chi connectivity index (χ1) is 5.70. The average molecular weight is 168 g/mol. The van der Waals surface area contributed by atoms with Crippen molar-refractivity contribution in [3.63, 3.8) is 0 Å². The second-order valence-electron chi connectivity index (χ2n) is 2.18. The molecule has 0 bridgehead atoms. The summed E-state index contributed by atoms with van der Waals surface area (Å²) in [6, 6.07) is 0. The van der Waals surface area contributed by atoms with Crippen LogP contribution in [-0.2, 0) is 14.3 Å². The molecule has 0 atom stereocenters. The molecule has 0 spiro atoms. The zero-order valence-corrected chi connectivity index (χ0v) is 6.91. The van der Waals surface area contributed by atoms with Gasteiger partial charge in [0.25, 0.3) is 0 Å². The minimum atomic E-state index is -0.696. The zero-order chi connectivity index (χ0) is 9.40. The summed E-state index contributed by atoms with van der Waals surface area (Å²) in [5, 5.41) is 0. The Hall–Kier alpha value is -1.38. The summed E-state index contributed by atoms with van der Waals surface area (Å²) >= 11 is 0. The molecule has 3 nitrogen and oxygen atoms in total. The molecule has 0 radical (unpaired) electrons. The largest absolute Gasteiger partial charge is 0.390 e. The van der Waals surface area contributed by atoms with Gasteiger partial charge in [-0.15, -0.1) is 6.58 Å². The van der Waals surface area contributed by atoms with Crippen LogP contribution in [0.25, 0.3) is 0 Å². The lowest BCUT2D eigenvalue weighted by Gasteiger charge is -1.97. The molecular formula is C9H12O3. The highest BCUT2D eigenvalue weighted by Crippen LogP contribution is 1.98. The molecule has 12 heavy (non-hydrogen) atoms. The number of rotatable bonds is 5. The molecule has 0 saturated carbocycles. The Morgan fingerprint density at radius 1 is 1.33 bits per heavy atom. The van der Waals surface area contributed by atoms with Gasteiger partial charge in [0.15, 0.2) is 0 Å². The van der Waals surface area contributed by atoms with Gasteiger partial charge in [-0.3, -0.25) is 4.79 Å². The van der Waals surface area contributed by atoms with Crippen LogP contribution in [0, 0.1) is 0 Å². The molecule has 0 fully saturated rings. The van der Waals surface area contributed by atoms with Crippen molar-refractivity contribution in [2.45, 2.75) is 19.3 Å². The van der Waals surface area contributed by atoms with Crippen molar-refractivity contribution in [3.8, 4) is 0 Å². The van der Waals surface area contributed by atoms with Crippen LogP contribution in [0.2, 0.25) is 0 Å². The van der Waals surface area contributed by atoms with Crippen LogP contribution in [0.3, 0.4) is 0 Å². The predicted molar refractivity (Wildman–Crippen MR) is 45.3 cm³/mol.